The Morgan fingerprint density at radius 2 is 1.80 bits per heavy atom. The van der Waals surface area contributed by atoms with E-state index in [9.17, 15) is 0 Å². The van der Waals surface area contributed by atoms with Gasteiger partial charge in [0.1, 0.15) is 0 Å². The minimum Gasteiger partial charge on any atom is -0.353 e. The molecular weight excluding hydrogens is 332 g/mol. The minimum atomic E-state index is 0.371. The molecule has 1 aromatic heterocycles. The molecule has 0 unspecified atom stereocenters. The van der Waals surface area contributed by atoms with Gasteiger partial charge < -0.3 is 15.2 Å². The van der Waals surface area contributed by atoms with Gasteiger partial charge in [0.2, 0.25) is 11.7 Å². The molecule has 128 valence electrons. The topological polar surface area (TPSA) is 63.0 Å². The molecule has 0 aliphatic heterocycles. The largest absolute Gasteiger partial charge is 0.353 e. The minimum absolute atomic E-state index is 0.371. The molecule has 0 saturated heterocycles. The summed E-state index contributed by atoms with van der Waals surface area (Å²) in [5, 5.41) is 10.8. The SMILES string of the molecule is Cc1cc(C)cc(NC(=S)NCc2nc(-c3ccccc3C)no2)c1. The maximum atomic E-state index is 5.33. The van der Waals surface area contributed by atoms with Crippen LogP contribution in [0.25, 0.3) is 11.4 Å². The molecule has 0 aliphatic rings. The number of thiocarbonyl (C=S) groups is 1. The van der Waals surface area contributed by atoms with Gasteiger partial charge in [0.15, 0.2) is 5.11 Å². The van der Waals surface area contributed by atoms with E-state index in [0.29, 0.717) is 23.4 Å². The Hall–Kier alpha value is -2.73. The summed E-state index contributed by atoms with van der Waals surface area (Å²) in [7, 11) is 0. The van der Waals surface area contributed by atoms with Gasteiger partial charge in [0, 0.05) is 11.3 Å². The molecule has 5 nitrogen and oxygen atoms in total. The monoisotopic (exact) mass is 352 g/mol. The van der Waals surface area contributed by atoms with Gasteiger partial charge in [-0.05, 0) is 61.8 Å². The molecule has 0 radical (unpaired) electrons. The van der Waals surface area contributed by atoms with Crippen LogP contribution in [0.1, 0.15) is 22.6 Å². The lowest BCUT2D eigenvalue weighted by Gasteiger charge is -2.10. The summed E-state index contributed by atoms with van der Waals surface area (Å²) in [6.07, 6.45) is 0. The molecule has 1 heterocycles. The highest BCUT2D eigenvalue weighted by Crippen LogP contribution is 2.19. The lowest BCUT2D eigenvalue weighted by atomic mass is 10.1. The molecule has 0 amide bonds. The molecular formula is C19H20N4OS. The molecule has 0 saturated carbocycles. The Balaban J connectivity index is 1.60. The highest BCUT2D eigenvalue weighted by atomic mass is 32.1. The van der Waals surface area contributed by atoms with Gasteiger partial charge in [0.05, 0.1) is 6.54 Å². The highest BCUT2D eigenvalue weighted by molar-refractivity contribution is 7.80. The van der Waals surface area contributed by atoms with Gasteiger partial charge in [-0.3, -0.25) is 0 Å². The maximum absolute atomic E-state index is 5.33. The van der Waals surface area contributed by atoms with Crippen LogP contribution in [0.4, 0.5) is 5.69 Å². The molecule has 0 spiro atoms. The van der Waals surface area contributed by atoms with Gasteiger partial charge in [-0.2, -0.15) is 4.98 Å². The van der Waals surface area contributed by atoms with Crippen LogP contribution < -0.4 is 10.6 Å². The molecule has 0 bridgehead atoms. The van der Waals surface area contributed by atoms with E-state index in [1.165, 1.54) is 11.1 Å². The second kappa shape index (κ2) is 7.44. The quantitative estimate of drug-likeness (QED) is 0.688. The molecule has 0 fully saturated rings. The van der Waals surface area contributed by atoms with Crippen LogP contribution in [-0.2, 0) is 6.54 Å². The van der Waals surface area contributed by atoms with Crippen molar-refractivity contribution in [3.05, 3.63) is 65.0 Å². The fourth-order valence-electron chi connectivity index (χ4n) is 2.64. The summed E-state index contributed by atoms with van der Waals surface area (Å²) >= 11 is 5.33. The number of benzene rings is 2. The summed E-state index contributed by atoms with van der Waals surface area (Å²) in [5.41, 5.74) is 5.40. The normalized spacial score (nSPS) is 10.5. The van der Waals surface area contributed by atoms with Crippen molar-refractivity contribution < 1.29 is 4.52 Å². The lowest BCUT2D eigenvalue weighted by molar-refractivity contribution is 0.376. The van der Waals surface area contributed by atoms with Crippen molar-refractivity contribution in [1.82, 2.24) is 15.5 Å². The number of hydrogen-bond acceptors (Lipinski definition) is 4. The van der Waals surface area contributed by atoms with E-state index >= 15 is 0 Å². The summed E-state index contributed by atoms with van der Waals surface area (Å²) < 4.78 is 5.30. The first-order chi connectivity index (χ1) is 12.0. The molecule has 0 atom stereocenters. The number of aryl methyl sites for hydroxylation is 3. The lowest BCUT2D eigenvalue weighted by Crippen LogP contribution is -2.28. The number of nitrogens with zero attached hydrogens (tertiary/aromatic N) is 2. The number of rotatable bonds is 4. The number of nitrogens with one attached hydrogen (secondary N) is 2. The fourth-order valence-corrected chi connectivity index (χ4v) is 2.83. The van der Waals surface area contributed by atoms with Crippen molar-refractivity contribution in [3.8, 4) is 11.4 Å². The van der Waals surface area contributed by atoms with E-state index in [1.54, 1.807) is 0 Å². The fraction of sp³-hybridized carbons (Fsp3) is 0.211. The van der Waals surface area contributed by atoms with Crippen molar-refractivity contribution in [2.75, 3.05) is 5.32 Å². The number of aromatic nitrogens is 2. The van der Waals surface area contributed by atoms with Gasteiger partial charge in [0.25, 0.3) is 0 Å². The molecule has 25 heavy (non-hydrogen) atoms. The van der Waals surface area contributed by atoms with E-state index in [-0.39, 0.29) is 0 Å². The van der Waals surface area contributed by atoms with Crippen LogP contribution in [0, 0.1) is 20.8 Å². The Bertz CT molecular complexity index is 884. The van der Waals surface area contributed by atoms with Crippen molar-refractivity contribution in [3.63, 3.8) is 0 Å². The smallest absolute Gasteiger partial charge is 0.246 e. The molecule has 2 aromatic carbocycles. The van der Waals surface area contributed by atoms with Gasteiger partial charge in [-0.25, -0.2) is 0 Å². The molecule has 0 aliphatic carbocycles. The summed E-state index contributed by atoms with van der Waals surface area (Å²) in [4.78, 5) is 4.42. The summed E-state index contributed by atoms with van der Waals surface area (Å²) in [6, 6.07) is 14.1. The van der Waals surface area contributed by atoms with Crippen LogP contribution in [0.15, 0.2) is 47.0 Å². The standard InChI is InChI=1S/C19H20N4OS/c1-12-8-13(2)10-15(9-12)21-19(25)20-11-17-22-18(23-24-17)16-7-5-4-6-14(16)3/h4-10H,11H2,1-3H3,(H2,20,21,25). The van der Waals surface area contributed by atoms with Gasteiger partial charge in [-0.15, -0.1) is 0 Å². The molecule has 3 rings (SSSR count). The second-order valence-corrected chi connectivity index (χ2v) is 6.42. The van der Waals surface area contributed by atoms with Gasteiger partial charge in [-0.1, -0.05) is 35.5 Å². The van der Waals surface area contributed by atoms with Crippen molar-refractivity contribution >= 4 is 23.0 Å². The predicted octanol–water partition coefficient (Wildman–Crippen LogP) is 4.15. The third-order valence-electron chi connectivity index (χ3n) is 3.73. The maximum Gasteiger partial charge on any atom is 0.246 e. The third-order valence-corrected chi connectivity index (χ3v) is 3.98. The molecule has 6 heteroatoms. The average Bonchev–Trinajstić information content (AvgIpc) is 3.01. The predicted molar refractivity (Wildman–Crippen MR) is 103 cm³/mol. The zero-order valence-corrected chi connectivity index (χ0v) is 15.3. The number of hydrogen-bond donors (Lipinski definition) is 2. The zero-order chi connectivity index (χ0) is 17.8. The third kappa shape index (κ3) is 4.42. The first-order valence-corrected chi connectivity index (χ1v) is 8.44. The van der Waals surface area contributed by atoms with E-state index in [0.717, 1.165) is 16.8 Å². The van der Waals surface area contributed by atoms with Crippen molar-refractivity contribution in [2.24, 2.45) is 0 Å². The first-order valence-electron chi connectivity index (χ1n) is 8.03. The van der Waals surface area contributed by atoms with Crippen molar-refractivity contribution in [1.29, 1.82) is 0 Å². The average molecular weight is 352 g/mol. The Kier molecular flexibility index (Phi) is 5.09. The second-order valence-electron chi connectivity index (χ2n) is 6.01. The van der Waals surface area contributed by atoms with Crippen LogP contribution in [0.2, 0.25) is 0 Å². The summed E-state index contributed by atoms with van der Waals surface area (Å²) in [6.45, 7) is 6.50. The highest BCUT2D eigenvalue weighted by Gasteiger charge is 2.10. The van der Waals surface area contributed by atoms with Crippen LogP contribution in [0.3, 0.4) is 0 Å². The van der Waals surface area contributed by atoms with E-state index in [2.05, 4.69) is 40.7 Å². The van der Waals surface area contributed by atoms with E-state index in [4.69, 9.17) is 16.7 Å². The van der Waals surface area contributed by atoms with Gasteiger partial charge >= 0.3 is 0 Å². The first kappa shape index (κ1) is 17.1. The summed E-state index contributed by atoms with van der Waals surface area (Å²) in [5.74, 6) is 1.07. The number of anilines is 1. The van der Waals surface area contributed by atoms with Crippen LogP contribution >= 0.6 is 12.2 Å². The molecule has 2 N–H and O–H groups in total. The van der Waals surface area contributed by atoms with E-state index < -0.39 is 0 Å². The van der Waals surface area contributed by atoms with E-state index in [1.807, 2.05) is 43.3 Å². The van der Waals surface area contributed by atoms with Crippen LogP contribution in [-0.4, -0.2) is 15.3 Å². The Labute approximate surface area is 152 Å². The van der Waals surface area contributed by atoms with Crippen LogP contribution in [0.5, 0.6) is 0 Å². The van der Waals surface area contributed by atoms with Crippen molar-refractivity contribution in [2.45, 2.75) is 27.3 Å². The molecule has 3 aromatic rings. The Morgan fingerprint density at radius 1 is 1.08 bits per heavy atom. The zero-order valence-electron chi connectivity index (χ0n) is 14.5. The Morgan fingerprint density at radius 3 is 2.52 bits per heavy atom.